The van der Waals surface area contributed by atoms with Gasteiger partial charge in [-0.2, -0.15) is 0 Å². The van der Waals surface area contributed by atoms with Gasteiger partial charge >= 0.3 is 6.09 Å². The van der Waals surface area contributed by atoms with Crippen LogP contribution in [0.2, 0.25) is 0 Å². The first kappa shape index (κ1) is 18.2. The molecule has 5 heteroatoms. The molecule has 2 rings (SSSR count). The van der Waals surface area contributed by atoms with Crippen LogP contribution < -0.4 is 0 Å². The van der Waals surface area contributed by atoms with Crippen molar-refractivity contribution in [1.82, 2.24) is 4.90 Å². The second kappa shape index (κ2) is 7.20. The van der Waals surface area contributed by atoms with Crippen LogP contribution in [0.25, 0.3) is 0 Å². The van der Waals surface area contributed by atoms with E-state index in [9.17, 15) is 9.59 Å². The topological polar surface area (TPSA) is 55.8 Å². The van der Waals surface area contributed by atoms with Crippen molar-refractivity contribution in [2.75, 3.05) is 19.8 Å². The monoisotopic (exact) mass is 325 g/mol. The Morgan fingerprint density at radius 3 is 2.43 bits per heavy atom. The van der Waals surface area contributed by atoms with Gasteiger partial charge in [0.1, 0.15) is 11.6 Å². The number of hydrogen-bond acceptors (Lipinski definition) is 4. The Kier molecular flexibility index (Phi) is 5.71. The van der Waals surface area contributed by atoms with Crippen LogP contribution in [0.3, 0.4) is 0 Å². The molecular weight excluding hydrogens is 294 g/mol. The minimum atomic E-state index is -0.558. The van der Waals surface area contributed by atoms with Gasteiger partial charge in [0, 0.05) is 12.5 Å². The number of carbonyl (C=O) groups excluding carboxylic acids is 2. The van der Waals surface area contributed by atoms with Crippen LogP contribution in [-0.4, -0.2) is 48.2 Å². The molecule has 23 heavy (non-hydrogen) atoms. The fourth-order valence-corrected chi connectivity index (χ4v) is 3.46. The Morgan fingerprint density at radius 2 is 1.83 bits per heavy atom. The third kappa shape index (κ3) is 4.69. The highest BCUT2D eigenvalue weighted by Crippen LogP contribution is 2.35. The summed E-state index contributed by atoms with van der Waals surface area (Å²) in [7, 11) is 0. The van der Waals surface area contributed by atoms with Crippen LogP contribution in [0.1, 0.15) is 53.9 Å². The number of hydrogen-bond donors (Lipinski definition) is 0. The number of rotatable bonds is 2. The van der Waals surface area contributed by atoms with Crippen molar-refractivity contribution >= 4 is 11.9 Å². The molecule has 0 radical (unpaired) electrons. The third-order valence-electron chi connectivity index (χ3n) is 5.09. The Balaban J connectivity index is 2.05. The van der Waals surface area contributed by atoms with Crippen molar-refractivity contribution in [2.24, 2.45) is 17.8 Å². The van der Waals surface area contributed by atoms with Gasteiger partial charge in [0.25, 0.3) is 0 Å². The predicted molar refractivity (Wildman–Crippen MR) is 88.2 cm³/mol. The van der Waals surface area contributed by atoms with E-state index in [0.29, 0.717) is 31.6 Å². The second-order valence-electron chi connectivity index (χ2n) is 8.13. The summed E-state index contributed by atoms with van der Waals surface area (Å²) < 4.78 is 10.9. The molecule has 132 valence electrons. The molecule has 1 saturated carbocycles. The maximum absolute atomic E-state index is 13.0. The zero-order valence-corrected chi connectivity index (χ0v) is 15.1. The highest BCUT2D eigenvalue weighted by molar-refractivity contribution is 5.89. The van der Waals surface area contributed by atoms with Gasteiger partial charge in [-0.25, -0.2) is 4.79 Å². The first-order valence-electron chi connectivity index (χ1n) is 8.80. The number of amides is 1. The van der Waals surface area contributed by atoms with Crippen molar-refractivity contribution in [3.63, 3.8) is 0 Å². The predicted octanol–water partition coefficient (Wildman–Crippen LogP) is 3.26. The summed E-state index contributed by atoms with van der Waals surface area (Å²) in [6.07, 6.45) is 2.51. The first-order valence-corrected chi connectivity index (χ1v) is 8.80. The molecule has 2 fully saturated rings. The highest BCUT2D eigenvalue weighted by atomic mass is 16.6. The lowest BCUT2D eigenvalue weighted by Crippen LogP contribution is -2.55. The molecule has 0 aromatic carbocycles. The molecule has 0 spiro atoms. The van der Waals surface area contributed by atoms with E-state index in [4.69, 9.17) is 9.47 Å². The van der Waals surface area contributed by atoms with Crippen LogP contribution in [0.15, 0.2) is 0 Å². The largest absolute Gasteiger partial charge is 0.444 e. The Morgan fingerprint density at radius 1 is 1.13 bits per heavy atom. The summed E-state index contributed by atoms with van der Waals surface area (Å²) >= 11 is 0. The van der Waals surface area contributed by atoms with E-state index in [1.807, 2.05) is 20.8 Å². The lowest BCUT2D eigenvalue weighted by Gasteiger charge is -2.39. The molecule has 0 aromatic heterocycles. The lowest BCUT2D eigenvalue weighted by atomic mass is 9.73. The van der Waals surface area contributed by atoms with Gasteiger partial charge < -0.3 is 9.47 Å². The molecular formula is C18H31NO4. The molecule has 0 bridgehead atoms. The Hall–Kier alpha value is -1.10. The van der Waals surface area contributed by atoms with Crippen molar-refractivity contribution < 1.29 is 19.1 Å². The Bertz CT molecular complexity index is 443. The van der Waals surface area contributed by atoms with Crippen LogP contribution in [0, 0.1) is 17.8 Å². The average molecular weight is 325 g/mol. The number of ether oxygens (including phenoxy) is 2. The quantitative estimate of drug-likeness (QED) is 0.782. The summed E-state index contributed by atoms with van der Waals surface area (Å²) in [5.74, 6) is 1.41. The number of ketones is 1. The van der Waals surface area contributed by atoms with Crippen molar-refractivity contribution in [2.45, 2.75) is 65.5 Å². The van der Waals surface area contributed by atoms with Gasteiger partial charge in [-0.15, -0.1) is 0 Å². The molecule has 5 nitrogen and oxygen atoms in total. The molecule has 1 amide bonds. The van der Waals surface area contributed by atoms with Gasteiger partial charge in [0.05, 0.1) is 13.2 Å². The average Bonchev–Trinajstić information content (AvgIpc) is 2.47. The second-order valence-corrected chi connectivity index (χ2v) is 8.13. The summed E-state index contributed by atoms with van der Waals surface area (Å²) in [6.45, 7) is 11.2. The summed E-state index contributed by atoms with van der Waals surface area (Å²) in [4.78, 5) is 26.9. The number of Topliss-reactive ketones (excluding diaryl/α,β-unsaturated/α-hetero) is 1. The van der Waals surface area contributed by atoms with E-state index in [-0.39, 0.29) is 11.7 Å². The van der Waals surface area contributed by atoms with Crippen LogP contribution in [0.5, 0.6) is 0 Å². The minimum Gasteiger partial charge on any atom is -0.444 e. The summed E-state index contributed by atoms with van der Waals surface area (Å²) in [5.41, 5.74) is -0.558. The third-order valence-corrected chi connectivity index (χ3v) is 5.09. The molecule has 1 aliphatic heterocycles. The minimum absolute atomic E-state index is 0.0397. The number of nitrogens with zero attached hydrogens (tertiary/aromatic N) is 1. The first-order chi connectivity index (χ1) is 10.7. The molecule has 1 aliphatic carbocycles. The molecule has 2 aliphatic rings. The Labute approximate surface area is 139 Å². The van der Waals surface area contributed by atoms with Crippen molar-refractivity contribution in [1.29, 1.82) is 0 Å². The van der Waals surface area contributed by atoms with Gasteiger partial charge in [-0.3, -0.25) is 9.69 Å². The number of morpholine rings is 1. The maximum Gasteiger partial charge on any atom is 0.411 e. The van der Waals surface area contributed by atoms with Crippen molar-refractivity contribution in [3.05, 3.63) is 0 Å². The zero-order valence-electron chi connectivity index (χ0n) is 15.1. The van der Waals surface area contributed by atoms with E-state index in [1.54, 1.807) is 4.90 Å². The SMILES string of the molecule is CC1CCC(C(=O)C2COCCN2C(=O)OC(C)(C)C)CC1C. The lowest BCUT2D eigenvalue weighted by molar-refractivity contribution is -0.135. The van der Waals surface area contributed by atoms with Crippen LogP contribution in [0.4, 0.5) is 4.79 Å². The normalized spacial score (nSPS) is 32.5. The number of carbonyl (C=O) groups is 2. The molecule has 0 N–H and O–H groups in total. The van der Waals surface area contributed by atoms with Gasteiger partial charge in [0.2, 0.25) is 0 Å². The fraction of sp³-hybridized carbons (Fsp3) is 0.889. The van der Waals surface area contributed by atoms with E-state index >= 15 is 0 Å². The fourth-order valence-electron chi connectivity index (χ4n) is 3.46. The summed E-state index contributed by atoms with van der Waals surface area (Å²) in [6, 6.07) is -0.496. The molecule has 1 saturated heterocycles. The summed E-state index contributed by atoms with van der Waals surface area (Å²) in [5, 5.41) is 0. The van der Waals surface area contributed by atoms with E-state index < -0.39 is 17.7 Å². The maximum atomic E-state index is 13.0. The molecule has 4 atom stereocenters. The van der Waals surface area contributed by atoms with Crippen molar-refractivity contribution in [3.8, 4) is 0 Å². The van der Waals surface area contributed by atoms with Crippen LogP contribution in [-0.2, 0) is 14.3 Å². The van der Waals surface area contributed by atoms with E-state index in [0.717, 1.165) is 19.3 Å². The van der Waals surface area contributed by atoms with Crippen LogP contribution >= 0.6 is 0 Å². The standard InChI is InChI=1S/C18H31NO4/c1-12-6-7-14(10-13(12)2)16(20)15-11-22-9-8-19(15)17(21)23-18(3,4)5/h12-15H,6-11H2,1-5H3. The molecule has 4 unspecified atom stereocenters. The highest BCUT2D eigenvalue weighted by Gasteiger charge is 2.40. The van der Waals surface area contributed by atoms with Gasteiger partial charge in [-0.1, -0.05) is 13.8 Å². The molecule has 0 aromatic rings. The van der Waals surface area contributed by atoms with E-state index in [1.165, 1.54) is 0 Å². The van der Waals surface area contributed by atoms with E-state index in [2.05, 4.69) is 13.8 Å². The van der Waals surface area contributed by atoms with Gasteiger partial charge in [-0.05, 0) is 51.9 Å². The van der Waals surface area contributed by atoms with Gasteiger partial charge in [0.15, 0.2) is 5.78 Å². The zero-order chi connectivity index (χ0) is 17.2. The smallest absolute Gasteiger partial charge is 0.411 e. The molecule has 1 heterocycles.